The molecule has 8 heteroatoms. The number of hydrogen-bond donors (Lipinski definition) is 1. The number of ether oxygens (including phenoxy) is 3. The average Bonchev–Trinajstić information content (AvgIpc) is 2.63. The van der Waals surface area contributed by atoms with E-state index in [-0.39, 0.29) is 0 Å². The van der Waals surface area contributed by atoms with Crippen molar-refractivity contribution in [1.29, 1.82) is 0 Å². The van der Waals surface area contributed by atoms with Crippen molar-refractivity contribution in [2.75, 3.05) is 19.5 Å². The number of nitrogens with one attached hydrogen (secondary N) is 1. The lowest BCUT2D eigenvalue weighted by Gasteiger charge is -2.17. The van der Waals surface area contributed by atoms with Crippen molar-refractivity contribution in [2.45, 2.75) is 13.0 Å². The summed E-state index contributed by atoms with van der Waals surface area (Å²) in [6, 6.07) is 9.26. The molecular weight excluding hydrogens is 381 g/mol. The standard InChI is InChI=1S/C18H17Cl2NO5/c1-10(17(22)21-14-6-5-12(19)9-13(14)20)26-15-7-4-11(18(23)25-3)8-16(15)24-2/h4-10H,1-3H3,(H,21,22)/t10-/m0/s1. The molecule has 26 heavy (non-hydrogen) atoms. The van der Waals surface area contributed by atoms with Crippen molar-refractivity contribution in [3.63, 3.8) is 0 Å². The lowest BCUT2D eigenvalue weighted by molar-refractivity contribution is -0.122. The molecule has 0 heterocycles. The Morgan fingerprint density at radius 2 is 1.77 bits per heavy atom. The molecule has 0 unspecified atom stereocenters. The average molecular weight is 398 g/mol. The van der Waals surface area contributed by atoms with Gasteiger partial charge >= 0.3 is 5.97 Å². The van der Waals surface area contributed by atoms with Crippen molar-refractivity contribution < 1.29 is 23.8 Å². The second-order valence-electron chi connectivity index (χ2n) is 5.23. The largest absolute Gasteiger partial charge is 0.493 e. The molecule has 0 aromatic heterocycles. The van der Waals surface area contributed by atoms with Crippen molar-refractivity contribution in [3.05, 3.63) is 52.0 Å². The van der Waals surface area contributed by atoms with Crippen molar-refractivity contribution in [1.82, 2.24) is 0 Å². The first-order valence-electron chi connectivity index (χ1n) is 7.54. The van der Waals surface area contributed by atoms with Gasteiger partial charge in [0.1, 0.15) is 0 Å². The number of anilines is 1. The molecule has 0 bridgehead atoms. The third-order valence-electron chi connectivity index (χ3n) is 3.45. The number of carbonyl (C=O) groups is 2. The van der Waals surface area contributed by atoms with Crippen LogP contribution in [0.1, 0.15) is 17.3 Å². The van der Waals surface area contributed by atoms with E-state index in [1.54, 1.807) is 19.1 Å². The van der Waals surface area contributed by atoms with Gasteiger partial charge in [-0.25, -0.2) is 4.79 Å². The van der Waals surface area contributed by atoms with Gasteiger partial charge in [-0.1, -0.05) is 23.2 Å². The first-order chi connectivity index (χ1) is 12.3. The van der Waals surface area contributed by atoms with Crippen LogP contribution < -0.4 is 14.8 Å². The Bertz CT molecular complexity index is 825. The fourth-order valence-corrected chi connectivity index (χ4v) is 2.53. The van der Waals surface area contributed by atoms with Crippen LogP contribution in [0.5, 0.6) is 11.5 Å². The molecule has 2 rings (SSSR count). The maximum Gasteiger partial charge on any atom is 0.337 e. The molecule has 0 saturated carbocycles. The van der Waals surface area contributed by atoms with E-state index in [4.69, 9.17) is 32.7 Å². The van der Waals surface area contributed by atoms with Crippen molar-refractivity contribution in [2.24, 2.45) is 0 Å². The number of amides is 1. The Morgan fingerprint density at radius 1 is 1.04 bits per heavy atom. The lowest BCUT2D eigenvalue weighted by atomic mass is 10.2. The minimum absolute atomic E-state index is 0.303. The van der Waals surface area contributed by atoms with E-state index in [0.29, 0.717) is 32.8 Å². The molecule has 2 aromatic rings. The third kappa shape index (κ3) is 4.80. The van der Waals surface area contributed by atoms with Crippen LogP contribution in [0.2, 0.25) is 10.0 Å². The minimum Gasteiger partial charge on any atom is -0.493 e. The zero-order chi connectivity index (χ0) is 19.3. The molecule has 0 aliphatic carbocycles. The Balaban J connectivity index is 2.11. The number of halogens is 2. The van der Waals surface area contributed by atoms with Gasteiger partial charge in [-0.05, 0) is 43.3 Å². The van der Waals surface area contributed by atoms with E-state index < -0.39 is 18.0 Å². The summed E-state index contributed by atoms with van der Waals surface area (Å²) in [5.74, 6) is -0.298. The van der Waals surface area contributed by atoms with Crippen LogP contribution in [0.15, 0.2) is 36.4 Å². The fourth-order valence-electron chi connectivity index (χ4n) is 2.08. The van der Waals surface area contributed by atoms with Gasteiger partial charge in [-0.2, -0.15) is 0 Å². The fraction of sp³-hybridized carbons (Fsp3) is 0.222. The van der Waals surface area contributed by atoms with Crippen LogP contribution in [-0.4, -0.2) is 32.2 Å². The molecule has 0 spiro atoms. The normalized spacial score (nSPS) is 11.4. The van der Waals surface area contributed by atoms with Crippen LogP contribution in [-0.2, 0) is 9.53 Å². The smallest absolute Gasteiger partial charge is 0.337 e. The van der Waals surface area contributed by atoms with Crippen LogP contribution in [0, 0.1) is 0 Å². The molecule has 0 saturated heterocycles. The SMILES string of the molecule is COC(=O)c1ccc(O[C@@H](C)C(=O)Nc2ccc(Cl)cc2Cl)c(OC)c1. The highest BCUT2D eigenvalue weighted by molar-refractivity contribution is 6.36. The predicted molar refractivity (Wildman–Crippen MR) is 99.5 cm³/mol. The van der Waals surface area contributed by atoms with Gasteiger partial charge in [-0.15, -0.1) is 0 Å². The van der Waals surface area contributed by atoms with E-state index in [1.807, 2.05) is 0 Å². The summed E-state index contributed by atoms with van der Waals surface area (Å²) in [6.45, 7) is 1.58. The number of benzene rings is 2. The van der Waals surface area contributed by atoms with Gasteiger partial charge in [0.05, 0.1) is 30.5 Å². The van der Waals surface area contributed by atoms with E-state index in [9.17, 15) is 9.59 Å². The number of hydrogen-bond acceptors (Lipinski definition) is 5. The Morgan fingerprint density at radius 3 is 2.38 bits per heavy atom. The van der Waals surface area contributed by atoms with Crippen LogP contribution in [0.25, 0.3) is 0 Å². The molecule has 138 valence electrons. The summed E-state index contributed by atoms with van der Waals surface area (Å²) in [5.41, 5.74) is 0.728. The summed E-state index contributed by atoms with van der Waals surface area (Å²) < 4.78 is 15.5. The Kier molecular flexibility index (Phi) is 6.71. The first kappa shape index (κ1) is 19.9. The van der Waals surface area contributed by atoms with Crippen LogP contribution >= 0.6 is 23.2 Å². The van der Waals surface area contributed by atoms with E-state index >= 15 is 0 Å². The summed E-state index contributed by atoms with van der Waals surface area (Å²) in [5, 5.41) is 3.45. The summed E-state index contributed by atoms with van der Waals surface area (Å²) in [7, 11) is 2.72. The van der Waals surface area contributed by atoms with E-state index in [2.05, 4.69) is 10.1 Å². The molecule has 0 aliphatic rings. The summed E-state index contributed by atoms with van der Waals surface area (Å²) in [6.07, 6.45) is -0.848. The Hall–Kier alpha value is -2.44. The van der Waals surface area contributed by atoms with Gasteiger partial charge in [0, 0.05) is 5.02 Å². The molecule has 0 aliphatic heterocycles. The van der Waals surface area contributed by atoms with Crippen LogP contribution in [0.3, 0.4) is 0 Å². The van der Waals surface area contributed by atoms with Gasteiger partial charge in [0.25, 0.3) is 5.91 Å². The number of carbonyl (C=O) groups excluding carboxylic acids is 2. The first-order valence-corrected chi connectivity index (χ1v) is 8.30. The van der Waals surface area contributed by atoms with Gasteiger partial charge in [0.15, 0.2) is 17.6 Å². The number of esters is 1. The zero-order valence-electron chi connectivity index (χ0n) is 14.3. The monoisotopic (exact) mass is 397 g/mol. The molecule has 0 radical (unpaired) electrons. The highest BCUT2D eigenvalue weighted by Gasteiger charge is 2.19. The topological polar surface area (TPSA) is 73.9 Å². The van der Waals surface area contributed by atoms with E-state index in [0.717, 1.165) is 0 Å². The molecule has 1 N–H and O–H groups in total. The van der Waals surface area contributed by atoms with E-state index in [1.165, 1.54) is 38.5 Å². The van der Waals surface area contributed by atoms with Gasteiger partial charge < -0.3 is 19.5 Å². The summed E-state index contributed by atoms with van der Waals surface area (Å²) in [4.78, 5) is 23.9. The molecule has 2 aromatic carbocycles. The third-order valence-corrected chi connectivity index (χ3v) is 3.99. The van der Waals surface area contributed by atoms with Gasteiger partial charge in [-0.3, -0.25) is 4.79 Å². The second kappa shape index (κ2) is 8.78. The van der Waals surface area contributed by atoms with Crippen LogP contribution in [0.4, 0.5) is 5.69 Å². The minimum atomic E-state index is -0.848. The quantitative estimate of drug-likeness (QED) is 0.739. The number of methoxy groups -OCH3 is 2. The molecular formula is C18H17Cl2NO5. The maximum atomic E-state index is 12.3. The highest BCUT2D eigenvalue weighted by atomic mass is 35.5. The molecule has 6 nitrogen and oxygen atoms in total. The predicted octanol–water partition coefficient (Wildman–Crippen LogP) is 4.19. The maximum absolute atomic E-state index is 12.3. The zero-order valence-corrected chi connectivity index (χ0v) is 15.9. The highest BCUT2D eigenvalue weighted by Crippen LogP contribution is 2.30. The van der Waals surface area contributed by atoms with Crippen molar-refractivity contribution >= 4 is 40.8 Å². The second-order valence-corrected chi connectivity index (χ2v) is 6.07. The van der Waals surface area contributed by atoms with Crippen molar-refractivity contribution in [3.8, 4) is 11.5 Å². The summed E-state index contributed by atoms with van der Waals surface area (Å²) >= 11 is 11.9. The molecule has 1 amide bonds. The molecule has 0 fully saturated rings. The molecule has 1 atom stereocenters. The van der Waals surface area contributed by atoms with Gasteiger partial charge in [0.2, 0.25) is 0 Å². The Labute approximate surface area is 160 Å². The number of rotatable bonds is 6. The lowest BCUT2D eigenvalue weighted by Crippen LogP contribution is -2.30.